The summed E-state index contributed by atoms with van der Waals surface area (Å²) in [6.07, 6.45) is 12.6. The fraction of sp³-hybridized carbons (Fsp3) is 0.291. The van der Waals surface area contributed by atoms with Gasteiger partial charge in [0.25, 0.3) is 17.7 Å². The second kappa shape index (κ2) is 33.5. The molecule has 118 heavy (non-hydrogen) atoms. The third kappa shape index (κ3) is 17.5. The molecule has 12 aromatic rings. The van der Waals surface area contributed by atoms with Crippen LogP contribution in [-0.2, 0) is 54.7 Å². The molecule has 7 N–H and O–H groups in total. The summed E-state index contributed by atoms with van der Waals surface area (Å²) in [6.45, 7) is 0. The number of amides is 6. The molecule has 6 aromatic carbocycles. The number of aryl methyl sites for hydroxylation is 3. The molecule has 9 heterocycles. The molecule has 4 saturated carbocycles. The Morgan fingerprint density at radius 1 is 0.424 bits per heavy atom. The first-order valence-corrected chi connectivity index (χ1v) is 39.3. The van der Waals surface area contributed by atoms with E-state index < -0.39 is 70.5 Å². The normalized spacial score (nSPS) is 20.2. The number of alkyl halides is 4. The van der Waals surface area contributed by atoms with E-state index in [2.05, 4.69) is 71.0 Å². The van der Waals surface area contributed by atoms with Gasteiger partial charge in [-0.3, -0.25) is 43.2 Å². The summed E-state index contributed by atoms with van der Waals surface area (Å²) in [5, 5.41) is 35.1. The number of nitrogens with zero attached hydrogens (tertiary/aromatic N) is 11. The van der Waals surface area contributed by atoms with Crippen molar-refractivity contribution in [2.45, 2.75) is 130 Å². The van der Waals surface area contributed by atoms with E-state index in [1.165, 1.54) is 31.9 Å². The zero-order valence-corrected chi connectivity index (χ0v) is 66.6. The Bertz CT molecular complexity index is 5810. The van der Waals surface area contributed by atoms with E-state index in [-0.39, 0.29) is 117 Å². The van der Waals surface area contributed by atoms with E-state index in [0.717, 1.165) is 66.5 Å². The number of carbonyl (C=O) groups excluding carboxylic acids is 6. The van der Waals surface area contributed by atoms with Gasteiger partial charge in [-0.2, -0.15) is 15.3 Å². The molecule has 608 valence electrons. The summed E-state index contributed by atoms with van der Waals surface area (Å²) in [6, 6.07) is 52.8. The zero-order chi connectivity index (χ0) is 83.7. The van der Waals surface area contributed by atoms with Crippen LogP contribution >= 0.6 is 22.6 Å². The van der Waals surface area contributed by atoms with Gasteiger partial charge in [0.05, 0.1) is 88.5 Å². The zero-order valence-electron chi connectivity index (χ0n) is 64.4. The van der Waals surface area contributed by atoms with Gasteiger partial charge in [-0.25, -0.2) is 36.4 Å². The maximum Gasteiger partial charge on any atom is 0.341 e. The van der Waals surface area contributed by atoms with Crippen LogP contribution < -0.4 is 53.5 Å². The van der Waals surface area contributed by atoms with Crippen LogP contribution in [0.15, 0.2) is 234 Å². The van der Waals surface area contributed by atoms with Gasteiger partial charge < -0.3 is 55.6 Å². The van der Waals surface area contributed by atoms with Crippen LogP contribution in [0.25, 0.3) is 49.8 Å². The first kappa shape index (κ1) is 81.8. The number of aromatic nitrogens is 9. The quantitative estimate of drug-likeness (QED) is 0.0410. The molecule has 7 aliphatic rings. The molecule has 3 aliphatic heterocycles. The van der Waals surface area contributed by atoms with Crippen LogP contribution in [0.4, 0.5) is 28.9 Å². The van der Waals surface area contributed by atoms with E-state index in [1.807, 2.05) is 150 Å². The maximum absolute atomic E-state index is 14.4. The molecule has 0 spiro atoms. The Morgan fingerprint density at radius 3 is 1.08 bits per heavy atom. The van der Waals surface area contributed by atoms with Crippen molar-refractivity contribution in [3.63, 3.8) is 0 Å². The number of pyridine rings is 3. The summed E-state index contributed by atoms with van der Waals surface area (Å²) in [5.41, 5.74) is 6.09. The highest BCUT2D eigenvalue weighted by Gasteiger charge is 2.56. The van der Waals surface area contributed by atoms with E-state index in [4.69, 9.17) is 5.11 Å². The van der Waals surface area contributed by atoms with Crippen LogP contribution in [0.1, 0.15) is 105 Å². The lowest BCUT2D eigenvalue weighted by Crippen LogP contribution is -2.44. The minimum Gasteiger partial charge on any atom is -0.479 e. The molecule has 6 amide bonds. The van der Waals surface area contributed by atoms with Crippen molar-refractivity contribution >= 4 is 108 Å². The number of carboxylic acids is 1. The number of rotatable bonds is 15. The number of hydrogen-bond acceptors (Lipinski definition) is 14. The number of fused-ring (bicyclic) bond motifs is 3. The van der Waals surface area contributed by atoms with Crippen LogP contribution in [0.3, 0.4) is 0 Å². The van der Waals surface area contributed by atoms with Crippen molar-refractivity contribution in [2.75, 3.05) is 16.8 Å². The lowest BCUT2D eigenvalue weighted by atomic mass is 9.99. The van der Waals surface area contributed by atoms with Gasteiger partial charge in [0.15, 0.2) is 17.0 Å². The molecule has 27 nitrogen and oxygen atoms in total. The van der Waals surface area contributed by atoms with E-state index in [1.54, 1.807) is 100 Å². The third-order valence-electron chi connectivity index (χ3n) is 21.7. The van der Waals surface area contributed by atoms with Gasteiger partial charge in [-0.05, 0) is 170 Å². The summed E-state index contributed by atoms with van der Waals surface area (Å²) in [7, 11) is 6.60. The number of nitrogens with two attached hydrogens (primary N) is 1. The molecule has 0 radical (unpaired) electrons. The number of carbonyl (C=O) groups is 7. The fourth-order valence-electron chi connectivity index (χ4n) is 14.5. The van der Waals surface area contributed by atoms with Crippen molar-refractivity contribution in [2.24, 2.45) is 26.9 Å². The van der Waals surface area contributed by atoms with Gasteiger partial charge in [0.1, 0.15) is 0 Å². The molecule has 4 aliphatic carbocycles. The summed E-state index contributed by atoms with van der Waals surface area (Å²) < 4.78 is 65.5. The molecule has 6 atom stereocenters. The standard InChI is InChI=1S/2C27H24FN5O3.C14H15FN2O2.C13H10IN3O.C4H5FO2.CH5N/c2*1-31-16-20(8-10-23(31)34)33-22-9-7-19(13-18(22)15-29-33)32-24(35)14-21(30-26(36)27(28)11-12-27)25(32)17-5-3-2-4-6-17;15-14(6-7-14)13(19)16-10-8-11(18)17-12(10)9-4-2-1-3-5-9;1-16-8-11(3-5-13(16)18)17-12-4-2-10(14)6-9(12)7-15-17;5-4(1-2-4)3(6)7;1-2/h2*2-10,13,15-16,21,25H,11-12,14H2,1H3,(H,30,36);1-5,10,12H,6-8H2,(H,16,19)(H,17,18);2-8H,1H3;1-2H2,(H,6,7);2H2,1H3/t2*21-,25+;10-,12+;;;/m100.../s1. The first-order chi connectivity index (χ1) is 56.6. The van der Waals surface area contributed by atoms with E-state index in [0.29, 0.717) is 11.4 Å². The third-order valence-corrected chi connectivity index (χ3v) is 22.3. The SMILES string of the molecule is CN.Cn1cc(-n2ncc3cc(I)ccc32)ccc1=O.Cn1cc(-n2ncc3cc(N4C(=O)C[C@@H](NC(=O)C5(F)CC5)[C@@H]4c4ccccc4)ccc32)ccc1=O.Cn1cc(-n2ncc3cc(N4C(=O)C[C@H](NC(=O)C5(F)CC5)[C@H]4c4ccccc4)ccc32)ccc1=O.O=C(O)C1(F)CC1.O=C1C[C@H](NC(=O)C2(F)CC2)[C@@H](c2ccccc2)N1. The molecule has 0 unspecified atom stereocenters. The predicted octanol–water partition coefficient (Wildman–Crippen LogP) is 10.1. The molecular formula is C86H83F4IN16O11. The van der Waals surface area contributed by atoms with Crippen molar-refractivity contribution < 1.29 is 56.2 Å². The molecule has 7 fully saturated rings. The average Bonchev–Trinajstić information content (AvgIpc) is 1.60. The lowest BCUT2D eigenvalue weighted by Gasteiger charge is -2.29. The van der Waals surface area contributed by atoms with Gasteiger partial charge in [0.2, 0.25) is 40.1 Å². The largest absolute Gasteiger partial charge is 0.479 e. The number of hydrogen-bond donors (Lipinski definition) is 6. The number of nitrogens with one attached hydrogen (secondary N) is 4. The van der Waals surface area contributed by atoms with E-state index in [9.17, 15) is 65.5 Å². The number of anilines is 2. The van der Waals surface area contributed by atoms with Crippen molar-refractivity contribution in [3.8, 4) is 17.1 Å². The molecular weight excluding hydrogens is 1640 g/mol. The Morgan fingerprint density at radius 2 is 0.746 bits per heavy atom. The average molecular weight is 1720 g/mol. The van der Waals surface area contributed by atoms with E-state index >= 15 is 0 Å². The maximum atomic E-state index is 14.4. The molecule has 3 saturated heterocycles. The summed E-state index contributed by atoms with van der Waals surface area (Å²) >= 11 is 2.28. The van der Waals surface area contributed by atoms with Crippen LogP contribution in [-0.4, -0.2) is 137 Å². The van der Waals surface area contributed by atoms with Crippen LogP contribution in [0.5, 0.6) is 0 Å². The highest BCUT2D eigenvalue weighted by Crippen LogP contribution is 2.46. The minimum absolute atomic E-state index is 0.0234. The van der Waals surface area contributed by atoms with Gasteiger partial charge in [0, 0.05) is 108 Å². The van der Waals surface area contributed by atoms with Gasteiger partial charge >= 0.3 is 5.97 Å². The second-order valence-corrected chi connectivity index (χ2v) is 31.3. The van der Waals surface area contributed by atoms with Gasteiger partial charge in [-0.1, -0.05) is 91.0 Å². The topological polar surface area (TPSA) is 340 Å². The molecule has 19 rings (SSSR count). The number of aliphatic carboxylic acids is 1. The minimum atomic E-state index is -1.83. The Kier molecular flexibility index (Phi) is 23.2. The molecule has 6 aromatic heterocycles. The summed E-state index contributed by atoms with van der Waals surface area (Å²) in [4.78, 5) is 123. The fourth-order valence-corrected chi connectivity index (χ4v) is 15.0. The Labute approximate surface area is 685 Å². The monoisotopic (exact) mass is 1720 g/mol. The van der Waals surface area contributed by atoms with Crippen LogP contribution in [0, 0.1) is 3.57 Å². The van der Waals surface area contributed by atoms with Crippen molar-refractivity contribution in [3.05, 3.63) is 270 Å². The summed E-state index contributed by atoms with van der Waals surface area (Å²) in [5.74, 6) is -3.61. The van der Waals surface area contributed by atoms with Crippen molar-refractivity contribution in [1.82, 2.24) is 64.3 Å². The number of benzene rings is 6. The van der Waals surface area contributed by atoms with Crippen molar-refractivity contribution in [1.29, 1.82) is 0 Å². The predicted molar refractivity (Wildman–Crippen MR) is 442 cm³/mol. The molecule has 0 bridgehead atoms. The Balaban J connectivity index is 0.000000130. The highest BCUT2D eigenvalue weighted by atomic mass is 127. The molecule has 32 heteroatoms. The highest BCUT2D eigenvalue weighted by molar-refractivity contribution is 14.1. The lowest BCUT2D eigenvalue weighted by molar-refractivity contribution is -0.144. The Hall–Kier alpha value is -12.7. The van der Waals surface area contributed by atoms with Gasteiger partial charge in [-0.15, -0.1) is 0 Å². The second-order valence-electron chi connectivity index (χ2n) is 30.1. The van der Waals surface area contributed by atoms with Crippen LogP contribution in [0.2, 0.25) is 0 Å². The number of carboxylic acid groups (broad SMARTS) is 1. The smallest absolute Gasteiger partial charge is 0.341 e. The first-order valence-electron chi connectivity index (χ1n) is 38.2. The number of halogens is 5.